The van der Waals surface area contributed by atoms with Gasteiger partial charge in [0, 0.05) is 13.5 Å². The van der Waals surface area contributed by atoms with E-state index in [-0.39, 0.29) is 0 Å². The number of oxazole rings is 1. The SMILES string of the molecule is CCCCCCCCCCCCNc1oc(C)nc1C#N. The molecule has 0 bridgehead atoms. The van der Waals surface area contributed by atoms with Crippen LogP contribution in [0.2, 0.25) is 0 Å². The van der Waals surface area contributed by atoms with E-state index in [9.17, 15) is 0 Å². The van der Waals surface area contributed by atoms with Crippen LogP contribution in [0.4, 0.5) is 5.88 Å². The highest BCUT2D eigenvalue weighted by atomic mass is 16.4. The highest BCUT2D eigenvalue weighted by molar-refractivity contribution is 5.44. The molecular weight excluding hydrogens is 262 g/mol. The largest absolute Gasteiger partial charge is 0.424 e. The topological polar surface area (TPSA) is 61.9 Å². The molecule has 1 aromatic heterocycles. The lowest BCUT2D eigenvalue weighted by atomic mass is 10.1. The first kappa shape index (κ1) is 17.6. The van der Waals surface area contributed by atoms with Crippen LogP contribution >= 0.6 is 0 Å². The van der Waals surface area contributed by atoms with Gasteiger partial charge in [0.25, 0.3) is 0 Å². The standard InChI is InChI=1S/C17H29N3O/c1-3-4-5-6-7-8-9-10-11-12-13-19-17-16(14-18)20-15(2)21-17/h19H,3-13H2,1-2H3. The van der Waals surface area contributed by atoms with Gasteiger partial charge in [0.2, 0.25) is 11.6 Å². The maximum atomic E-state index is 8.90. The molecule has 0 atom stereocenters. The molecule has 1 rings (SSSR count). The second kappa shape index (κ2) is 11.2. The van der Waals surface area contributed by atoms with Gasteiger partial charge >= 0.3 is 0 Å². The molecule has 0 aliphatic heterocycles. The average molecular weight is 291 g/mol. The zero-order valence-electron chi connectivity index (χ0n) is 13.6. The monoisotopic (exact) mass is 291 g/mol. The third-order valence-corrected chi connectivity index (χ3v) is 3.66. The second-order valence-corrected chi connectivity index (χ2v) is 5.63. The Bertz CT molecular complexity index is 420. The highest BCUT2D eigenvalue weighted by Gasteiger charge is 2.08. The summed E-state index contributed by atoms with van der Waals surface area (Å²) in [6, 6.07) is 2.04. The van der Waals surface area contributed by atoms with Gasteiger partial charge in [-0.1, -0.05) is 64.7 Å². The zero-order chi connectivity index (χ0) is 15.3. The van der Waals surface area contributed by atoms with Crippen molar-refractivity contribution >= 4 is 5.88 Å². The molecule has 1 N–H and O–H groups in total. The van der Waals surface area contributed by atoms with E-state index in [0.717, 1.165) is 13.0 Å². The molecule has 0 aromatic carbocycles. The summed E-state index contributed by atoms with van der Waals surface area (Å²) in [6.07, 6.45) is 13.3. The fraction of sp³-hybridized carbons (Fsp3) is 0.765. The Morgan fingerprint density at radius 3 is 2.14 bits per heavy atom. The maximum absolute atomic E-state index is 8.90. The molecule has 0 saturated carbocycles. The summed E-state index contributed by atoms with van der Waals surface area (Å²) in [5.74, 6) is 1.06. The van der Waals surface area contributed by atoms with Crippen molar-refractivity contribution in [1.29, 1.82) is 5.26 Å². The van der Waals surface area contributed by atoms with Gasteiger partial charge < -0.3 is 9.73 Å². The minimum Gasteiger partial charge on any atom is -0.424 e. The van der Waals surface area contributed by atoms with E-state index in [1.165, 1.54) is 57.8 Å². The van der Waals surface area contributed by atoms with E-state index < -0.39 is 0 Å². The van der Waals surface area contributed by atoms with Crippen molar-refractivity contribution in [2.24, 2.45) is 0 Å². The Balaban J connectivity index is 1.94. The van der Waals surface area contributed by atoms with Crippen LogP contribution < -0.4 is 5.32 Å². The molecule has 0 fully saturated rings. The van der Waals surface area contributed by atoms with E-state index in [1.807, 2.05) is 6.07 Å². The van der Waals surface area contributed by atoms with Crippen LogP contribution in [-0.4, -0.2) is 11.5 Å². The number of aromatic nitrogens is 1. The lowest BCUT2D eigenvalue weighted by molar-refractivity contribution is 0.528. The Morgan fingerprint density at radius 2 is 1.57 bits per heavy atom. The summed E-state index contributed by atoms with van der Waals surface area (Å²) in [5.41, 5.74) is 0.361. The normalized spacial score (nSPS) is 10.5. The van der Waals surface area contributed by atoms with Gasteiger partial charge in [-0.25, -0.2) is 4.98 Å². The molecule has 0 unspecified atom stereocenters. The van der Waals surface area contributed by atoms with E-state index in [0.29, 0.717) is 17.5 Å². The summed E-state index contributed by atoms with van der Waals surface area (Å²) in [6.45, 7) is 4.86. The lowest BCUT2D eigenvalue weighted by Gasteiger charge is -2.03. The summed E-state index contributed by atoms with van der Waals surface area (Å²) in [5, 5.41) is 12.1. The van der Waals surface area contributed by atoms with Gasteiger partial charge in [-0.15, -0.1) is 0 Å². The van der Waals surface area contributed by atoms with Crippen LogP contribution in [0.3, 0.4) is 0 Å². The van der Waals surface area contributed by atoms with Crippen LogP contribution in [0.25, 0.3) is 0 Å². The molecular formula is C17H29N3O. The van der Waals surface area contributed by atoms with Crippen molar-refractivity contribution in [2.45, 2.75) is 78.1 Å². The molecule has 4 heteroatoms. The molecule has 1 aromatic rings. The van der Waals surface area contributed by atoms with Crippen LogP contribution in [0.15, 0.2) is 4.42 Å². The molecule has 0 aliphatic carbocycles. The van der Waals surface area contributed by atoms with Crippen molar-refractivity contribution in [1.82, 2.24) is 4.98 Å². The molecule has 0 spiro atoms. The van der Waals surface area contributed by atoms with Crippen molar-refractivity contribution < 1.29 is 4.42 Å². The summed E-state index contributed by atoms with van der Waals surface area (Å²) >= 11 is 0. The van der Waals surface area contributed by atoms with Gasteiger partial charge in [0.15, 0.2) is 5.89 Å². The van der Waals surface area contributed by atoms with E-state index >= 15 is 0 Å². The number of unbranched alkanes of at least 4 members (excludes halogenated alkanes) is 9. The first-order valence-electron chi connectivity index (χ1n) is 8.39. The maximum Gasteiger partial charge on any atom is 0.232 e. The molecule has 4 nitrogen and oxygen atoms in total. The summed E-state index contributed by atoms with van der Waals surface area (Å²) in [4.78, 5) is 4.01. The van der Waals surface area contributed by atoms with Gasteiger partial charge in [-0.3, -0.25) is 0 Å². The molecule has 1 heterocycles. The predicted octanol–water partition coefficient (Wildman–Crippen LogP) is 5.19. The smallest absolute Gasteiger partial charge is 0.232 e. The number of aryl methyl sites for hydroxylation is 1. The third-order valence-electron chi connectivity index (χ3n) is 3.66. The minimum absolute atomic E-state index is 0.361. The van der Waals surface area contributed by atoms with Crippen LogP contribution in [0, 0.1) is 18.3 Å². The molecule has 0 radical (unpaired) electrons. The first-order valence-corrected chi connectivity index (χ1v) is 8.39. The fourth-order valence-electron chi connectivity index (χ4n) is 2.44. The Kier molecular flexibility index (Phi) is 9.35. The van der Waals surface area contributed by atoms with Crippen LogP contribution in [-0.2, 0) is 0 Å². The van der Waals surface area contributed by atoms with E-state index in [4.69, 9.17) is 9.68 Å². The number of nitrogens with zero attached hydrogens (tertiary/aromatic N) is 2. The number of nitriles is 1. The second-order valence-electron chi connectivity index (χ2n) is 5.63. The molecule has 21 heavy (non-hydrogen) atoms. The quantitative estimate of drug-likeness (QED) is 0.538. The predicted molar refractivity (Wildman–Crippen MR) is 86.3 cm³/mol. The fourth-order valence-corrected chi connectivity index (χ4v) is 2.44. The minimum atomic E-state index is 0.361. The molecule has 0 aliphatic rings. The molecule has 0 amide bonds. The summed E-state index contributed by atoms with van der Waals surface area (Å²) < 4.78 is 5.35. The third kappa shape index (κ3) is 7.75. The van der Waals surface area contributed by atoms with E-state index in [1.54, 1.807) is 6.92 Å². The Labute approximate surface area is 128 Å². The Hall–Kier alpha value is -1.50. The Morgan fingerprint density at radius 1 is 1.00 bits per heavy atom. The number of rotatable bonds is 12. The highest BCUT2D eigenvalue weighted by Crippen LogP contribution is 2.16. The molecule has 118 valence electrons. The molecule has 0 saturated heterocycles. The number of nitrogens with one attached hydrogen (secondary N) is 1. The van der Waals surface area contributed by atoms with E-state index in [2.05, 4.69) is 17.2 Å². The first-order chi connectivity index (χ1) is 10.3. The average Bonchev–Trinajstić information content (AvgIpc) is 2.85. The number of anilines is 1. The van der Waals surface area contributed by atoms with Gasteiger partial charge in [0.05, 0.1) is 0 Å². The van der Waals surface area contributed by atoms with Crippen molar-refractivity contribution in [3.05, 3.63) is 11.6 Å². The lowest BCUT2D eigenvalue weighted by Crippen LogP contribution is -2.01. The zero-order valence-corrected chi connectivity index (χ0v) is 13.6. The van der Waals surface area contributed by atoms with Gasteiger partial charge in [0.1, 0.15) is 6.07 Å². The van der Waals surface area contributed by atoms with Crippen molar-refractivity contribution in [3.8, 4) is 6.07 Å². The van der Waals surface area contributed by atoms with Crippen LogP contribution in [0.5, 0.6) is 0 Å². The number of hydrogen-bond acceptors (Lipinski definition) is 4. The van der Waals surface area contributed by atoms with Crippen molar-refractivity contribution in [3.63, 3.8) is 0 Å². The van der Waals surface area contributed by atoms with Gasteiger partial charge in [-0.05, 0) is 6.42 Å². The number of hydrogen-bond donors (Lipinski definition) is 1. The van der Waals surface area contributed by atoms with Crippen LogP contribution in [0.1, 0.15) is 82.7 Å². The summed E-state index contributed by atoms with van der Waals surface area (Å²) in [7, 11) is 0. The van der Waals surface area contributed by atoms with Crippen molar-refractivity contribution in [2.75, 3.05) is 11.9 Å². The van der Waals surface area contributed by atoms with Gasteiger partial charge in [-0.2, -0.15) is 5.26 Å².